The molecule has 0 aromatic rings. The Kier molecular flexibility index (Phi) is 5.00. The summed E-state index contributed by atoms with van der Waals surface area (Å²) in [7, 11) is 0. The van der Waals surface area contributed by atoms with Crippen LogP contribution in [0.4, 0.5) is 0 Å². The van der Waals surface area contributed by atoms with E-state index in [2.05, 4.69) is 33.8 Å². The van der Waals surface area contributed by atoms with Crippen molar-refractivity contribution in [1.82, 2.24) is 5.06 Å². The second kappa shape index (κ2) is 5.78. The second-order valence-electron chi connectivity index (χ2n) is 7.03. The maximum atomic E-state index is 9.40. The topological polar surface area (TPSA) is 56.5 Å². The molecule has 1 unspecified atom stereocenters. The van der Waals surface area contributed by atoms with Crippen LogP contribution in [0.25, 0.3) is 0 Å². The van der Waals surface area contributed by atoms with Crippen molar-refractivity contribution in [3.8, 4) is 6.07 Å². The lowest BCUT2D eigenvalue weighted by Crippen LogP contribution is -2.60. The number of hydrogen-bond acceptors (Lipinski definition) is 4. The molecule has 1 rings (SSSR count). The Morgan fingerprint density at radius 2 is 1.79 bits per heavy atom. The molecular formula is C15H28N2O2. The highest BCUT2D eigenvalue weighted by molar-refractivity contribution is 5.00. The van der Waals surface area contributed by atoms with Gasteiger partial charge < -0.3 is 5.11 Å². The molecule has 1 heterocycles. The molecule has 0 amide bonds. The van der Waals surface area contributed by atoms with Crippen LogP contribution >= 0.6 is 0 Å². The van der Waals surface area contributed by atoms with E-state index in [4.69, 9.17) is 9.94 Å². The number of rotatable bonds is 5. The van der Waals surface area contributed by atoms with Crippen LogP contribution in [0.1, 0.15) is 66.7 Å². The van der Waals surface area contributed by atoms with E-state index in [1.807, 2.05) is 12.0 Å². The quantitative estimate of drug-likeness (QED) is 0.832. The Morgan fingerprint density at radius 3 is 2.21 bits per heavy atom. The van der Waals surface area contributed by atoms with Gasteiger partial charge in [0.25, 0.3) is 0 Å². The molecule has 1 fully saturated rings. The fourth-order valence-corrected chi connectivity index (χ4v) is 2.96. The van der Waals surface area contributed by atoms with Gasteiger partial charge in [-0.1, -0.05) is 0 Å². The molecule has 19 heavy (non-hydrogen) atoms. The smallest absolute Gasteiger partial charge is 0.173 e. The molecule has 4 heteroatoms. The molecule has 1 saturated heterocycles. The minimum atomic E-state index is -0.866. The van der Waals surface area contributed by atoms with E-state index in [9.17, 15) is 5.26 Å². The predicted molar refractivity (Wildman–Crippen MR) is 75.3 cm³/mol. The maximum absolute atomic E-state index is 9.40. The standard InChI is InChI=1S/C15H28N2O2/c1-13(2)8-6-9-14(3,4)17(13)19-15(5,12-16)10-7-11-18/h18H,6-11H2,1-5H3. The monoisotopic (exact) mass is 268 g/mol. The Morgan fingerprint density at radius 1 is 1.26 bits per heavy atom. The minimum Gasteiger partial charge on any atom is -0.396 e. The number of hydrogen-bond donors (Lipinski definition) is 1. The van der Waals surface area contributed by atoms with Crippen LogP contribution in [0.15, 0.2) is 0 Å². The van der Waals surface area contributed by atoms with Crippen molar-refractivity contribution in [3.05, 3.63) is 0 Å². The van der Waals surface area contributed by atoms with Crippen LogP contribution in [0, 0.1) is 11.3 Å². The summed E-state index contributed by atoms with van der Waals surface area (Å²) >= 11 is 0. The first-order valence-electron chi connectivity index (χ1n) is 7.18. The number of aliphatic hydroxyl groups is 1. The van der Waals surface area contributed by atoms with Crippen LogP contribution in [0.5, 0.6) is 0 Å². The van der Waals surface area contributed by atoms with Crippen molar-refractivity contribution in [3.63, 3.8) is 0 Å². The van der Waals surface area contributed by atoms with Gasteiger partial charge in [0.2, 0.25) is 0 Å². The molecule has 1 aliphatic heterocycles. The van der Waals surface area contributed by atoms with Crippen LogP contribution in [0.3, 0.4) is 0 Å². The van der Waals surface area contributed by atoms with Gasteiger partial charge in [0.1, 0.15) is 0 Å². The van der Waals surface area contributed by atoms with Gasteiger partial charge in [-0.15, -0.1) is 0 Å². The van der Waals surface area contributed by atoms with Gasteiger partial charge in [0.05, 0.1) is 6.07 Å². The second-order valence-corrected chi connectivity index (χ2v) is 7.03. The summed E-state index contributed by atoms with van der Waals surface area (Å²) in [6.07, 6.45) is 4.44. The van der Waals surface area contributed by atoms with Gasteiger partial charge in [-0.25, -0.2) is 0 Å². The first-order valence-corrected chi connectivity index (χ1v) is 7.18. The summed E-state index contributed by atoms with van der Waals surface area (Å²) in [4.78, 5) is 6.12. The molecule has 0 aliphatic carbocycles. The molecule has 0 radical (unpaired) electrons. The normalized spacial score (nSPS) is 25.5. The molecule has 1 atom stereocenters. The highest BCUT2D eigenvalue weighted by atomic mass is 16.7. The summed E-state index contributed by atoms with van der Waals surface area (Å²) in [5.74, 6) is 0. The molecule has 0 aromatic heterocycles. The number of nitrogens with zero attached hydrogens (tertiary/aromatic N) is 2. The molecule has 0 saturated carbocycles. The van der Waals surface area contributed by atoms with E-state index in [1.165, 1.54) is 6.42 Å². The fraction of sp³-hybridized carbons (Fsp3) is 0.933. The Balaban J connectivity index is 2.89. The summed E-state index contributed by atoms with van der Waals surface area (Å²) < 4.78 is 0. The Labute approximate surface area is 117 Å². The molecule has 1 N–H and O–H groups in total. The number of nitriles is 1. The molecular weight excluding hydrogens is 240 g/mol. The van der Waals surface area contributed by atoms with Crippen LogP contribution in [-0.2, 0) is 4.84 Å². The first kappa shape index (κ1) is 16.4. The number of hydroxylamine groups is 2. The highest BCUT2D eigenvalue weighted by Crippen LogP contribution is 2.40. The molecule has 1 aliphatic rings. The van der Waals surface area contributed by atoms with Gasteiger partial charge >= 0.3 is 0 Å². The third kappa shape index (κ3) is 3.92. The average molecular weight is 268 g/mol. The highest BCUT2D eigenvalue weighted by Gasteiger charge is 2.45. The van der Waals surface area contributed by atoms with Crippen molar-refractivity contribution in [2.75, 3.05) is 6.61 Å². The third-order valence-electron chi connectivity index (χ3n) is 4.02. The lowest BCUT2D eigenvalue weighted by molar-refractivity contribution is -0.320. The van der Waals surface area contributed by atoms with E-state index < -0.39 is 5.60 Å². The van der Waals surface area contributed by atoms with Crippen molar-refractivity contribution in [2.24, 2.45) is 0 Å². The van der Waals surface area contributed by atoms with Gasteiger partial charge in [-0.05, 0) is 66.7 Å². The average Bonchev–Trinajstić information content (AvgIpc) is 2.31. The van der Waals surface area contributed by atoms with Crippen LogP contribution in [0.2, 0.25) is 0 Å². The zero-order valence-electron chi connectivity index (χ0n) is 13.0. The Hall–Kier alpha value is -0.630. The van der Waals surface area contributed by atoms with E-state index in [0.717, 1.165) is 12.8 Å². The van der Waals surface area contributed by atoms with Crippen LogP contribution < -0.4 is 0 Å². The van der Waals surface area contributed by atoms with Crippen LogP contribution in [-0.4, -0.2) is 33.5 Å². The predicted octanol–water partition coefficient (Wildman–Crippen LogP) is 3.02. The minimum absolute atomic E-state index is 0.0704. The molecule has 0 spiro atoms. The van der Waals surface area contributed by atoms with E-state index >= 15 is 0 Å². The third-order valence-corrected chi connectivity index (χ3v) is 4.02. The van der Waals surface area contributed by atoms with Crippen molar-refractivity contribution in [2.45, 2.75) is 83.4 Å². The Bertz CT molecular complexity index is 331. The van der Waals surface area contributed by atoms with E-state index in [-0.39, 0.29) is 17.7 Å². The van der Waals surface area contributed by atoms with Crippen molar-refractivity contribution < 1.29 is 9.94 Å². The summed E-state index contributed by atoms with van der Waals surface area (Å²) in [5, 5.41) is 20.4. The molecule has 4 nitrogen and oxygen atoms in total. The van der Waals surface area contributed by atoms with E-state index in [1.54, 1.807) is 0 Å². The van der Waals surface area contributed by atoms with Gasteiger partial charge in [0.15, 0.2) is 5.60 Å². The largest absolute Gasteiger partial charge is 0.396 e. The lowest BCUT2D eigenvalue weighted by atomic mass is 9.82. The van der Waals surface area contributed by atoms with Crippen molar-refractivity contribution >= 4 is 0 Å². The van der Waals surface area contributed by atoms with Gasteiger partial charge in [-0.2, -0.15) is 10.3 Å². The molecule has 0 aromatic carbocycles. The maximum Gasteiger partial charge on any atom is 0.173 e. The first-order chi connectivity index (χ1) is 8.67. The summed E-state index contributed by atoms with van der Waals surface area (Å²) in [5.41, 5.74) is -1.01. The zero-order valence-corrected chi connectivity index (χ0v) is 13.0. The van der Waals surface area contributed by atoms with Crippen molar-refractivity contribution in [1.29, 1.82) is 5.26 Å². The SMILES string of the molecule is CC(C#N)(CCCO)ON1C(C)(C)CCCC1(C)C. The summed E-state index contributed by atoms with van der Waals surface area (Å²) in [6, 6.07) is 2.26. The molecule has 0 bridgehead atoms. The molecule has 110 valence electrons. The van der Waals surface area contributed by atoms with Gasteiger partial charge in [0, 0.05) is 17.7 Å². The zero-order chi connectivity index (χ0) is 14.7. The number of aliphatic hydroxyl groups excluding tert-OH is 1. The van der Waals surface area contributed by atoms with Gasteiger partial charge in [-0.3, -0.25) is 4.84 Å². The number of piperidine rings is 1. The fourth-order valence-electron chi connectivity index (χ4n) is 2.96. The van der Waals surface area contributed by atoms with E-state index in [0.29, 0.717) is 12.8 Å². The lowest BCUT2D eigenvalue weighted by Gasteiger charge is -2.53. The summed E-state index contributed by atoms with van der Waals surface area (Å²) in [6.45, 7) is 10.6.